The molecule has 0 N–H and O–H groups in total. The number of carbonyl (C=O) groups is 2. The number of fused-ring (bicyclic) bond motifs is 3. The number of benzene rings is 2. The summed E-state index contributed by atoms with van der Waals surface area (Å²) in [6, 6.07) is 11.3. The van der Waals surface area contributed by atoms with E-state index < -0.39 is 11.6 Å². The van der Waals surface area contributed by atoms with Crippen LogP contribution in [0.1, 0.15) is 31.8 Å². The maximum atomic E-state index is 12.1. The average molecular weight is 236 g/mol. The fourth-order valence-electron chi connectivity index (χ4n) is 2.41. The largest absolute Gasteiger partial charge is 0.285 e. The Balaban J connectivity index is 2.38. The summed E-state index contributed by atoms with van der Waals surface area (Å²) >= 11 is 0. The van der Waals surface area contributed by atoms with Crippen molar-refractivity contribution in [3.05, 3.63) is 58.7 Å². The standard InChI is InChI=1S/C16H12O2/c1-9-3-5-11-12-6-4-10(2)8-14(12)16(18)15(17)13(11)7-9/h3-8H,1-2H3. The first-order valence-corrected chi connectivity index (χ1v) is 5.88. The van der Waals surface area contributed by atoms with E-state index in [0.29, 0.717) is 11.1 Å². The van der Waals surface area contributed by atoms with Crippen molar-refractivity contribution in [2.24, 2.45) is 0 Å². The molecule has 0 heterocycles. The molecule has 2 aromatic rings. The molecule has 3 rings (SSSR count). The van der Waals surface area contributed by atoms with Crippen LogP contribution >= 0.6 is 0 Å². The molecule has 0 spiro atoms. The third-order valence-electron chi connectivity index (χ3n) is 3.34. The molecular formula is C16H12O2. The molecule has 0 atom stereocenters. The lowest BCUT2D eigenvalue weighted by atomic mass is 9.82. The number of rotatable bonds is 0. The van der Waals surface area contributed by atoms with E-state index in [0.717, 1.165) is 22.3 Å². The van der Waals surface area contributed by atoms with Gasteiger partial charge in [0, 0.05) is 11.1 Å². The first-order chi connectivity index (χ1) is 8.58. The van der Waals surface area contributed by atoms with Gasteiger partial charge >= 0.3 is 0 Å². The second-order valence-electron chi connectivity index (χ2n) is 4.76. The summed E-state index contributed by atoms with van der Waals surface area (Å²) in [6.45, 7) is 3.84. The van der Waals surface area contributed by atoms with Crippen molar-refractivity contribution in [3.8, 4) is 11.1 Å². The predicted molar refractivity (Wildman–Crippen MR) is 70.0 cm³/mol. The second-order valence-corrected chi connectivity index (χ2v) is 4.76. The molecule has 1 aliphatic rings. The Hall–Kier alpha value is -2.22. The maximum absolute atomic E-state index is 12.1. The maximum Gasteiger partial charge on any atom is 0.234 e. The highest BCUT2D eigenvalue weighted by molar-refractivity contribution is 6.53. The van der Waals surface area contributed by atoms with Crippen molar-refractivity contribution >= 4 is 11.6 Å². The van der Waals surface area contributed by atoms with Crippen LogP contribution in [0.5, 0.6) is 0 Å². The molecule has 2 heteroatoms. The Labute approximate surface area is 105 Å². The van der Waals surface area contributed by atoms with E-state index in [1.807, 2.05) is 38.1 Å². The van der Waals surface area contributed by atoms with Crippen LogP contribution in [0.4, 0.5) is 0 Å². The summed E-state index contributed by atoms with van der Waals surface area (Å²) < 4.78 is 0. The van der Waals surface area contributed by atoms with Gasteiger partial charge in [-0.1, -0.05) is 35.4 Å². The molecule has 0 unspecified atom stereocenters. The second kappa shape index (κ2) is 3.64. The lowest BCUT2D eigenvalue weighted by Gasteiger charge is -2.18. The molecule has 1 aliphatic carbocycles. The molecule has 0 radical (unpaired) electrons. The fourth-order valence-corrected chi connectivity index (χ4v) is 2.41. The Bertz CT molecular complexity index is 635. The number of ketones is 2. The molecule has 2 nitrogen and oxygen atoms in total. The van der Waals surface area contributed by atoms with Gasteiger partial charge in [-0.3, -0.25) is 9.59 Å². The number of Topliss-reactive ketones (excluding diaryl/α,β-unsaturated/α-hetero) is 2. The average Bonchev–Trinajstić information content (AvgIpc) is 2.36. The quantitative estimate of drug-likeness (QED) is 0.657. The summed E-state index contributed by atoms with van der Waals surface area (Å²) in [5, 5.41) is 0. The smallest absolute Gasteiger partial charge is 0.234 e. The summed E-state index contributed by atoms with van der Waals surface area (Å²) in [5.41, 5.74) is 4.75. The molecule has 88 valence electrons. The zero-order chi connectivity index (χ0) is 12.9. The SMILES string of the molecule is Cc1ccc2c(c1)C(=O)C(=O)c1cc(C)ccc1-2. The summed E-state index contributed by atoms with van der Waals surface area (Å²) in [5.74, 6) is -0.793. The first-order valence-electron chi connectivity index (χ1n) is 5.88. The van der Waals surface area contributed by atoms with Gasteiger partial charge in [0.2, 0.25) is 11.6 Å². The zero-order valence-corrected chi connectivity index (χ0v) is 10.3. The van der Waals surface area contributed by atoms with Gasteiger partial charge in [-0.2, -0.15) is 0 Å². The lowest BCUT2D eigenvalue weighted by Crippen LogP contribution is -2.21. The van der Waals surface area contributed by atoms with Crippen LogP contribution < -0.4 is 0 Å². The normalized spacial score (nSPS) is 13.2. The Morgan fingerprint density at radius 1 is 0.611 bits per heavy atom. The van der Waals surface area contributed by atoms with E-state index in [9.17, 15) is 9.59 Å². The zero-order valence-electron chi connectivity index (χ0n) is 10.3. The lowest BCUT2D eigenvalue weighted by molar-refractivity contribution is 0.0815. The van der Waals surface area contributed by atoms with Gasteiger partial charge in [-0.05, 0) is 37.1 Å². The van der Waals surface area contributed by atoms with Gasteiger partial charge < -0.3 is 0 Å². The molecule has 0 bridgehead atoms. The number of aryl methyl sites for hydroxylation is 2. The van der Waals surface area contributed by atoms with Crippen LogP contribution in [0, 0.1) is 13.8 Å². The number of carbonyl (C=O) groups excluding carboxylic acids is 2. The Kier molecular flexibility index (Phi) is 2.20. The monoisotopic (exact) mass is 236 g/mol. The van der Waals surface area contributed by atoms with Crippen molar-refractivity contribution < 1.29 is 9.59 Å². The van der Waals surface area contributed by atoms with Crippen molar-refractivity contribution in [2.45, 2.75) is 13.8 Å². The van der Waals surface area contributed by atoms with E-state index in [4.69, 9.17) is 0 Å². The van der Waals surface area contributed by atoms with Gasteiger partial charge in [0.15, 0.2) is 0 Å². The van der Waals surface area contributed by atoms with E-state index in [2.05, 4.69) is 0 Å². The van der Waals surface area contributed by atoms with Crippen LogP contribution in [0.2, 0.25) is 0 Å². The van der Waals surface area contributed by atoms with Gasteiger partial charge in [0.1, 0.15) is 0 Å². The summed E-state index contributed by atoms with van der Waals surface area (Å²) in [7, 11) is 0. The summed E-state index contributed by atoms with van der Waals surface area (Å²) in [4.78, 5) is 24.2. The predicted octanol–water partition coefficient (Wildman–Crippen LogP) is 3.35. The van der Waals surface area contributed by atoms with Crippen LogP contribution in [0.15, 0.2) is 36.4 Å². The molecule has 0 amide bonds. The van der Waals surface area contributed by atoms with E-state index in [1.165, 1.54) is 0 Å². The van der Waals surface area contributed by atoms with Crippen LogP contribution in [-0.4, -0.2) is 11.6 Å². The molecule has 0 saturated carbocycles. The van der Waals surface area contributed by atoms with Crippen LogP contribution in [-0.2, 0) is 0 Å². The third-order valence-corrected chi connectivity index (χ3v) is 3.34. The minimum atomic E-state index is -0.396. The molecule has 18 heavy (non-hydrogen) atoms. The van der Waals surface area contributed by atoms with Gasteiger partial charge in [-0.25, -0.2) is 0 Å². The van der Waals surface area contributed by atoms with Gasteiger partial charge in [0.05, 0.1) is 0 Å². The van der Waals surface area contributed by atoms with E-state index in [1.54, 1.807) is 12.1 Å². The minimum Gasteiger partial charge on any atom is -0.285 e. The number of hydrogen-bond acceptors (Lipinski definition) is 2. The highest BCUT2D eigenvalue weighted by Crippen LogP contribution is 2.34. The first kappa shape index (κ1) is 10.9. The molecule has 0 fully saturated rings. The van der Waals surface area contributed by atoms with Crippen molar-refractivity contribution in [1.82, 2.24) is 0 Å². The molecule has 0 saturated heterocycles. The van der Waals surface area contributed by atoms with Crippen LogP contribution in [0.3, 0.4) is 0 Å². The molecule has 2 aromatic carbocycles. The number of hydrogen-bond donors (Lipinski definition) is 0. The third kappa shape index (κ3) is 1.42. The van der Waals surface area contributed by atoms with Gasteiger partial charge in [0.25, 0.3) is 0 Å². The van der Waals surface area contributed by atoms with E-state index in [-0.39, 0.29) is 0 Å². The van der Waals surface area contributed by atoms with Crippen molar-refractivity contribution in [2.75, 3.05) is 0 Å². The Morgan fingerprint density at radius 2 is 1.00 bits per heavy atom. The molecule has 0 aromatic heterocycles. The van der Waals surface area contributed by atoms with Gasteiger partial charge in [-0.15, -0.1) is 0 Å². The van der Waals surface area contributed by atoms with E-state index >= 15 is 0 Å². The fraction of sp³-hybridized carbons (Fsp3) is 0.125. The molecule has 0 aliphatic heterocycles. The van der Waals surface area contributed by atoms with Crippen molar-refractivity contribution in [3.63, 3.8) is 0 Å². The van der Waals surface area contributed by atoms with Crippen LogP contribution in [0.25, 0.3) is 11.1 Å². The molecular weight excluding hydrogens is 224 g/mol. The minimum absolute atomic E-state index is 0.396. The Morgan fingerprint density at radius 3 is 1.39 bits per heavy atom. The van der Waals surface area contributed by atoms with Crippen molar-refractivity contribution in [1.29, 1.82) is 0 Å². The highest BCUT2D eigenvalue weighted by atomic mass is 16.2. The summed E-state index contributed by atoms with van der Waals surface area (Å²) in [6.07, 6.45) is 0. The highest BCUT2D eigenvalue weighted by Gasteiger charge is 2.30. The topological polar surface area (TPSA) is 34.1 Å².